The molecule has 2 amide bonds. The molecule has 0 aliphatic heterocycles. The quantitative estimate of drug-likeness (QED) is 0.172. The zero-order valence-electron chi connectivity index (χ0n) is 21.1. The van der Waals surface area contributed by atoms with E-state index in [4.69, 9.17) is 9.47 Å². The Hall–Kier alpha value is -3.43. The summed E-state index contributed by atoms with van der Waals surface area (Å²) >= 11 is -0.211. The van der Waals surface area contributed by atoms with Gasteiger partial charge in [0.1, 0.15) is 38.9 Å². The highest BCUT2D eigenvalue weighted by Crippen LogP contribution is 2.36. The van der Waals surface area contributed by atoms with Gasteiger partial charge in [0.15, 0.2) is 0 Å². The Balaban J connectivity index is 1.87. The lowest BCUT2D eigenvalue weighted by molar-refractivity contribution is -0.136. The van der Waals surface area contributed by atoms with Crippen LogP contribution in [0.15, 0.2) is 60.7 Å². The fourth-order valence-electron chi connectivity index (χ4n) is 2.87. The zero-order valence-corrected chi connectivity index (χ0v) is 23.7. The van der Waals surface area contributed by atoms with Gasteiger partial charge in [0, 0.05) is 0 Å². The fraction of sp³-hybridized carbons (Fsp3) is 0.273. The van der Waals surface area contributed by atoms with E-state index in [1.807, 2.05) is 0 Å². The van der Waals surface area contributed by atoms with Gasteiger partial charge in [0.25, 0.3) is 12.3 Å². The molecule has 224 valence electrons. The van der Waals surface area contributed by atoms with Crippen LogP contribution in [0.5, 0.6) is 0 Å². The van der Waals surface area contributed by atoms with Crippen LogP contribution < -0.4 is 0 Å². The summed E-state index contributed by atoms with van der Waals surface area (Å²) in [6, 6.07) is 16.6. The first-order valence-electron chi connectivity index (χ1n) is 11.3. The lowest BCUT2D eigenvalue weighted by Gasteiger charge is -2.21. The van der Waals surface area contributed by atoms with Crippen molar-refractivity contribution in [2.45, 2.75) is 13.2 Å². The summed E-state index contributed by atoms with van der Waals surface area (Å²) in [4.78, 5) is 86.5. The van der Waals surface area contributed by atoms with Crippen LogP contribution in [0.25, 0.3) is 0 Å². The maximum Gasteiger partial charge on any atom is 0.411 e. The van der Waals surface area contributed by atoms with Crippen LogP contribution in [-0.2, 0) is 49.8 Å². The summed E-state index contributed by atoms with van der Waals surface area (Å²) in [7, 11) is -9.65. The van der Waals surface area contributed by atoms with Crippen LogP contribution >= 0.6 is 27.5 Å². The molecule has 0 bridgehead atoms. The molecule has 0 fully saturated rings. The molecule has 19 heteroatoms. The third kappa shape index (κ3) is 14.7. The molecule has 0 aliphatic carbocycles. The summed E-state index contributed by atoms with van der Waals surface area (Å²) in [6.07, 6.45) is -4.83. The number of nitrogens with zero attached hydrogens (tertiary/aromatic N) is 2. The minimum Gasteiger partial charge on any atom is -0.445 e. The second kappa shape index (κ2) is 16.1. The molecule has 0 unspecified atom stereocenters. The van der Waals surface area contributed by atoms with E-state index in [0.29, 0.717) is 20.9 Å². The maximum absolute atomic E-state index is 12.3. The Morgan fingerprint density at radius 2 is 0.976 bits per heavy atom. The van der Waals surface area contributed by atoms with Crippen molar-refractivity contribution in [3.8, 4) is 0 Å². The molecule has 4 N–H and O–H groups in total. The average molecular weight is 636 g/mol. The Morgan fingerprint density at radius 1 is 0.634 bits per heavy atom. The van der Waals surface area contributed by atoms with Crippen molar-refractivity contribution >= 4 is 51.6 Å². The standard InChI is InChI=1S/C22H26N2O14P2S/c25-19(11-23(15-39(29,30)31)21(27)35-13-17-7-3-1-4-8-17)37-41-38-20(26)12-24(16-40(32,33)34)22(28)36-14-18-9-5-2-6-10-18/h1-10H,11-16H2,(H2,29,30,31)(H2,32,33,34). The normalized spacial score (nSPS) is 11.2. The number of carbonyl (C=O) groups excluding carboxylic acids is 4. The first kappa shape index (κ1) is 33.8. The van der Waals surface area contributed by atoms with Gasteiger partial charge >= 0.3 is 39.3 Å². The largest absolute Gasteiger partial charge is 0.445 e. The van der Waals surface area contributed by atoms with Crippen LogP contribution in [0.3, 0.4) is 0 Å². The van der Waals surface area contributed by atoms with Crippen LogP contribution in [0, 0.1) is 0 Å². The van der Waals surface area contributed by atoms with Gasteiger partial charge in [-0.3, -0.25) is 18.9 Å². The fourth-order valence-corrected chi connectivity index (χ4v) is 4.48. The average Bonchev–Trinajstić information content (AvgIpc) is 2.89. The number of amides is 2. The van der Waals surface area contributed by atoms with Gasteiger partial charge in [-0.25, -0.2) is 19.2 Å². The van der Waals surface area contributed by atoms with E-state index in [0.717, 1.165) is 0 Å². The Morgan fingerprint density at radius 3 is 1.29 bits per heavy atom. The smallest absolute Gasteiger partial charge is 0.411 e. The van der Waals surface area contributed by atoms with Crippen molar-refractivity contribution in [2.24, 2.45) is 0 Å². The van der Waals surface area contributed by atoms with E-state index in [9.17, 15) is 47.9 Å². The lowest BCUT2D eigenvalue weighted by atomic mass is 10.2. The van der Waals surface area contributed by atoms with Gasteiger partial charge in [0.05, 0.1) is 0 Å². The highest BCUT2D eigenvalue weighted by atomic mass is 32.2. The van der Waals surface area contributed by atoms with Crippen molar-refractivity contribution in [1.82, 2.24) is 9.80 Å². The summed E-state index contributed by atoms with van der Waals surface area (Å²) in [6.45, 7) is -2.51. The van der Waals surface area contributed by atoms with Crippen LogP contribution in [0.2, 0.25) is 0 Å². The summed E-state index contributed by atoms with van der Waals surface area (Å²) in [5.74, 6) is -2.55. The third-order valence-electron chi connectivity index (χ3n) is 4.53. The maximum atomic E-state index is 12.3. The summed E-state index contributed by atoms with van der Waals surface area (Å²) in [5.41, 5.74) is 1.14. The van der Waals surface area contributed by atoms with Crippen molar-refractivity contribution in [2.75, 3.05) is 25.7 Å². The number of rotatable bonds is 14. The zero-order chi connectivity index (χ0) is 30.5. The molecule has 2 aromatic rings. The summed E-state index contributed by atoms with van der Waals surface area (Å²) in [5, 5.41) is 0. The molecule has 2 aromatic carbocycles. The molecule has 0 atom stereocenters. The minimum absolute atomic E-state index is 0.211. The molecule has 41 heavy (non-hydrogen) atoms. The molecule has 2 rings (SSSR count). The van der Waals surface area contributed by atoms with E-state index < -0.39 is 65.0 Å². The van der Waals surface area contributed by atoms with Gasteiger partial charge in [-0.15, -0.1) is 0 Å². The van der Waals surface area contributed by atoms with Crippen molar-refractivity contribution in [3.63, 3.8) is 0 Å². The lowest BCUT2D eigenvalue weighted by Crippen LogP contribution is -2.37. The van der Waals surface area contributed by atoms with Crippen molar-refractivity contribution < 1.29 is 65.7 Å². The van der Waals surface area contributed by atoms with Gasteiger partial charge in [-0.05, 0) is 11.1 Å². The third-order valence-corrected chi connectivity index (χ3v) is 6.46. The second-order valence-electron chi connectivity index (χ2n) is 8.07. The van der Waals surface area contributed by atoms with Gasteiger partial charge < -0.3 is 37.4 Å². The van der Waals surface area contributed by atoms with E-state index in [1.54, 1.807) is 60.7 Å². The molecule has 0 aromatic heterocycles. The van der Waals surface area contributed by atoms with Crippen molar-refractivity contribution in [3.05, 3.63) is 71.8 Å². The minimum atomic E-state index is -4.83. The topological polar surface area (TPSA) is 227 Å². The number of ether oxygens (including phenoxy) is 2. The van der Waals surface area contributed by atoms with Crippen molar-refractivity contribution in [1.29, 1.82) is 0 Å². The predicted octanol–water partition coefficient (Wildman–Crippen LogP) is 2.18. The highest BCUT2D eigenvalue weighted by Gasteiger charge is 2.29. The molecule has 0 saturated carbocycles. The number of hydrogen-bond acceptors (Lipinski definition) is 11. The molecule has 0 saturated heterocycles. The van der Waals surface area contributed by atoms with E-state index in [1.165, 1.54) is 0 Å². The molecule has 0 radical (unpaired) electrons. The van der Waals surface area contributed by atoms with E-state index in [2.05, 4.69) is 8.37 Å². The SMILES string of the molecule is O=C(CN(CP(=O)(O)O)C(=O)OCc1ccccc1)OSOC(=O)CN(CP(=O)(O)O)C(=O)OCc1ccccc1. The van der Waals surface area contributed by atoms with E-state index in [-0.39, 0.29) is 25.5 Å². The summed E-state index contributed by atoms with van der Waals surface area (Å²) < 4.78 is 41.9. The Bertz CT molecular complexity index is 1170. The van der Waals surface area contributed by atoms with Crippen LogP contribution in [0.4, 0.5) is 9.59 Å². The first-order valence-corrected chi connectivity index (χ1v) is 15.6. The molecule has 0 aliphatic rings. The molecule has 16 nitrogen and oxygen atoms in total. The first-order chi connectivity index (χ1) is 19.2. The number of hydrogen-bond donors (Lipinski definition) is 4. The highest BCUT2D eigenvalue weighted by molar-refractivity contribution is 7.90. The molecule has 0 spiro atoms. The number of benzene rings is 2. The number of carbonyl (C=O) groups is 4. The predicted molar refractivity (Wildman–Crippen MR) is 140 cm³/mol. The van der Waals surface area contributed by atoms with Gasteiger partial charge in [-0.1, -0.05) is 60.7 Å². The Labute approximate surface area is 237 Å². The van der Waals surface area contributed by atoms with E-state index >= 15 is 0 Å². The molecular weight excluding hydrogens is 610 g/mol. The van der Waals surface area contributed by atoms with Gasteiger partial charge in [0.2, 0.25) is 0 Å². The second-order valence-corrected chi connectivity index (χ2v) is 11.8. The molecular formula is C22H26N2O14P2S. The molecule has 0 heterocycles. The van der Waals surface area contributed by atoms with Gasteiger partial charge in [-0.2, -0.15) is 0 Å². The van der Waals surface area contributed by atoms with Crippen LogP contribution in [-0.4, -0.2) is 79.2 Å². The van der Waals surface area contributed by atoms with Crippen LogP contribution in [0.1, 0.15) is 11.1 Å². The monoisotopic (exact) mass is 636 g/mol. The Kier molecular flexibility index (Phi) is 13.3.